The molecule has 2 N–H and O–H groups in total. The summed E-state index contributed by atoms with van der Waals surface area (Å²) in [5.74, 6) is -0.239. The zero-order chi connectivity index (χ0) is 24.0. The molecule has 2 aliphatic carbocycles. The third-order valence-electron chi connectivity index (χ3n) is 6.27. The first-order valence-electron chi connectivity index (χ1n) is 11.0. The fourth-order valence-corrected chi connectivity index (χ4v) is 5.64. The number of aromatic nitrogens is 1. The lowest BCUT2D eigenvalue weighted by Gasteiger charge is -2.28. The quantitative estimate of drug-likeness (QED) is 0.410. The molecule has 0 atom stereocenters. The van der Waals surface area contributed by atoms with Crippen molar-refractivity contribution in [3.63, 3.8) is 0 Å². The van der Waals surface area contributed by atoms with Crippen molar-refractivity contribution in [3.05, 3.63) is 58.4 Å². The lowest BCUT2D eigenvalue weighted by Crippen LogP contribution is -2.25. The van der Waals surface area contributed by atoms with Crippen LogP contribution in [0.15, 0.2) is 45.9 Å². The molecule has 0 aliphatic heterocycles. The van der Waals surface area contributed by atoms with E-state index >= 15 is 0 Å². The topological polar surface area (TPSA) is 119 Å². The fourth-order valence-electron chi connectivity index (χ4n) is 4.00. The lowest BCUT2D eigenvalue weighted by atomic mass is 9.96. The molecule has 34 heavy (non-hydrogen) atoms. The number of hydrogen-bond acceptors (Lipinski definition) is 6. The summed E-state index contributed by atoms with van der Waals surface area (Å²) in [5, 5.41) is 13.6. The number of aromatic carboxylic acids is 1. The standard InChI is InChI=1S/C24H23ClN2O6S/c1-13-19(12-26-33-13)18-10-21(22(11-20(18)25)32-16-3-2-4-16)27-34(30,31)23-9-15(24(28)29)7-8-17(23)14-5-6-14/h7-12,14,16,27H,2-6H2,1H3,(H,28,29). The Hall–Kier alpha value is -3.04. The van der Waals surface area contributed by atoms with Crippen LogP contribution in [0, 0.1) is 6.92 Å². The largest absolute Gasteiger partial charge is 0.488 e. The second-order valence-corrected chi connectivity index (χ2v) is 10.8. The third-order valence-corrected chi connectivity index (χ3v) is 8.00. The summed E-state index contributed by atoms with van der Waals surface area (Å²) in [6.45, 7) is 1.74. The number of ether oxygens (including phenoxy) is 1. The highest BCUT2D eigenvalue weighted by molar-refractivity contribution is 7.92. The van der Waals surface area contributed by atoms with Gasteiger partial charge in [-0.1, -0.05) is 22.8 Å². The van der Waals surface area contributed by atoms with Crippen LogP contribution in [0.1, 0.15) is 59.7 Å². The molecule has 2 aromatic carbocycles. The Balaban J connectivity index is 1.59. The van der Waals surface area contributed by atoms with Gasteiger partial charge in [-0.05, 0) is 68.7 Å². The number of rotatable bonds is 8. The average Bonchev–Trinajstić information content (AvgIpc) is 3.52. The highest BCUT2D eigenvalue weighted by atomic mass is 35.5. The van der Waals surface area contributed by atoms with Gasteiger partial charge >= 0.3 is 5.97 Å². The molecule has 178 valence electrons. The van der Waals surface area contributed by atoms with Gasteiger partial charge in [0, 0.05) is 17.2 Å². The number of hydrogen-bond donors (Lipinski definition) is 2. The van der Waals surface area contributed by atoms with Gasteiger partial charge in [0.1, 0.15) is 11.5 Å². The van der Waals surface area contributed by atoms with Crippen LogP contribution in [0.3, 0.4) is 0 Å². The first kappa shape index (κ1) is 22.7. The minimum atomic E-state index is -4.14. The Morgan fingerprint density at radius 2 is 1.94 bits per heavy atom. The lowest BCUT2D eigenvalue weighted by molar-refractivity contribution is 0.0696. The zero-order valence-electron chi connectivity index (χ0n) is 18.4. The number of benzene rings is 2. The number of nitrogens with one attached hydrogen (secondary N) is 1. The third kappa shape index (κ3) is 4.37. The molecule has 0 unspecified atom stereocenters. The molecule has 1 aromatic heterocycles. The first-order valence-corrected chi connectivity index (χ1v) is 12.9. The number of sulfonamides is 1. The van der Waals surface area contributed by atoms with Crippen LogP contribution in [0.25, 0.3) is 11.1 Å². The number of anilines is 1. The maximum Gasteiger partial charge on any atom is 0.335 e. The molecule has 8 nitrogen and oxygen atoms in total. The van der Waals surface area contributed by atoms with E-state index in [9.17, 15) is 18.3 Å². The molecule has 2 aliphatic rings. The Labute approximate surface area is 201 Å². The molecule has 5 rings (SSSR count). The van der Waals surface area contributed by atoms with Crippen LogP contribution < -0.4 is 9.46 Å². The van der Waals surface area contributed by atoms with Gasteiger partial charge in [0.15, 0.2) is 0 Å². The van der Waals surface area contributed by atoms with Gasteiger partial charge < -0.3 is 14.4 Å². The van der Waals surface area contributed by atoms with Gasteiger partial charge in [-0.25, -0.2) is 13.2 Å². The van der Waals surface area contributed by atoms with Crippen molar-refractivity contribution < 1.29 is 27.6 Å². The van der Waals surface area contributed by atoms with E-state index in [2.05, 4.69) is 9.88 Å². The van der Waals surface area contributed by atoms with Crippen molar-refractivity contribution in [2.45, 2.75) is 55.9 Å². The minimum absolute atomic E-state index is 0.0140. The summed E-state index contributed by atoms with van der Waals surface area (Å²) < 4.78 is 41.0. The molecular weight excluding hydrogens is 480 g/mol. The van der Waals surface area contributed by atoms with Crippen LogP contribution >= 0.6 is 11.6 Å². The van der Waals surface area contributed by atoms with Crippen molar-refractivity contribution in [1.82, 2.24) is 5.16 Å². The van der Waals surface area contributed by atoms with E-state index in [0.717, 1.165) is 32.1 Å². The number of nitrogens with zero attached hydrogens (tertiary/aromatic N) is 1. The molecule has 3 aromatic rings. The Morgan fingerprint density at radius 1 is 1.18 bits per heavy atom. The van der Waals surface area contributed by atoms with Crippen molar-refractivity contribution in [3.8, 4) is 16.9 Å². The number of halogens is 1. The van der Waals surface area contributed by atoms with Gasteiger partial charge in [0.05, 0.1) is 33.5 Å². The van der Waals surface area contributed by atoms with E-state index in [1.54, 1.807) is 25.1 Å². The highest BCUT2D eigenvalue weighted by Gasteiger charge is 2.32. The maximum atomic E-state index is 13.6. The van der Waals surface area contributed by atoms with Gasteiger partial charge in [0.2, 0.25) is 0 Å². The van der Waals surface area contributed by atoms with Gasteiger partial charge in [-0.15, -0.1) is 0 Å². The van der Waals surface area contributed by atoms with Crippen LogP contribution in [0.4, 0.5) is 5.69 Å². The summed E-state index contributed by atoms with van der Waals surface area (Å²) in [6.07, 6.45) is 6.03. The van der Waals surface area contributed by atoms with E-state index in [0.29, 0.717) is 33.2 Å². The zero-order valence-corrected chi connectivity index (χ0v) is 19.9. The van der Waals surface area contributed by atoms with E-state index in [1.165, 1.54) is 18.3 Å². The summed E-state index contributed by atoms with van der Waals surface area (Å²) in [7, 11) is -4.14. The Morgan fingerprint density at radius 3 is 2.53 bits per heavy atom. The van der Waals surface area contributed by atoms with Gasteiger partial charge in [-0.2, -0.15) is 0 Å². The van der Waals surface area contributed by atoms with E-state index in [1.807, 2.05) is 0 Å². The van der Waals surface area contributed by atoms with Crippen molar-refractivity contribution in [1.29, 1.82) is 0 Å². The monoisotopic (exact) mass is 502 g/mol. The number of carbonyl (C=O) groups is 1. The molecule has 1 heterocycles. The van der Waals surface area contributed by atoms with Crippen molar-refractivity contribution in [2.75, 3.05) is 4.72 Å². The highest BCUT2D eigenvalue weighted by Crippen LogP contribution is 2.45. The predicted octanol–water partition coefficient (Wildman–Crippen LogP) is 5.61. The second kappa shape index (κ2) is 8.63. The predicted molar refractivity (Wildman–Crippen MR) is 126 cm³/mol. The molecule has 0 amide bonds. The van der Waals surface area contributed by atoms with Crippen LogP contribution in [-0.2, 0) is 10.0 Å². The minimum Gasteiger partial charge on any atom is -0.488 e. The average molecular weight is 503 g/mol. The van der Waals surface area contributed by atoms with E-state index in [4.69, 9.17) is 20.9 Å². The summed E-state index contributed by atoms with van der Waals surface area (Å²) in [4.78, 5) is 11.5. The van der Waals surface area contributed by atoms with E-state index < -0.39 is 16.0 Å². The number of carboxylic acids is 1. The molecule has 0 saturated heterocycles. The normalized spacial score (nSPS) is 16.2. The van der Waals surface area contributed by atoms with E-state index in [-0.39, 0.29) is 28.2 Å². The van der Waals surface area contributed by atoms with Crippen LogP contribution in [0.5, 0.6) is 5.75 Å². The molecule has 0 bridgehead atoms. The smallest absolute Gasteiger partial charge is 0.335 e. The molecule has 0 spiro atoms. The molecule has 2 saturated carbocycles. The molecule has 10 heteroatoms. The van der Waals surface area contributed by atoms with Gasteiger partial charge in [0.25, 0.3) is 10.0 Å². The summed E-state index contributed by atoms with van der Waals surface area (Å²) >= 11 is 6.54. The first-order chi connectivity index (χ1) is 16.2. The summed E-state index contributed by atoms with van der Waals surface area (Å²) in [5.41, 5.74) is 1.91. The maximum absolute atomic E-state index is 13.6. The second-order valence-electron chi connectivity index (χ2n) is 8.73. The Bertz CT molecular complexity index is 1380. The number of aryl methyl sites for hydroxylation is 1. The molecular formula is C24H23ClN2O6S. The number of carboxylic acid groups (broad SMARTS) is 1. The molecule has 2 fully saturated rings. The van der Waals surface area contributed by atoms with Crippen LogP contribution in [0.2, 0.25) is 5.02 Å². The van der Waals surface area contributed by atoms with Gasteiger partial charge in [-0.3, -0.25) is 4.72 Å². The molecule has 0 radical (unpaired) electrons. The fraction of sp³-hybridized carbons (Fsp3) is 0.333. The van der Waals surface area contributed by atoms with Crippen LogP contribution in [-0.4, -0.2) is 30.8 Å². The SMILES string of the molecule is Cc1oncc1-c1cc(NS(=O)(=O)c2cc(C(=O)O)ccc2C2CC2)c(OC2CCC2)cc1Cl. The van der Waals surface area contributed by atoms with Crippen molar-refractivity contribution in [2.24, 2.45) is 0 Å². The Kier molecular flexibility index (Phi) is 5.77. The summed E-state index contributed by atoms with van der Waals surface area (Å²) in [6, 6.07) is 7.44. The van der Waals surface area contributed by atoms with Crippen molar-refractivity contribution >= 4 is 33.3 Å².